The molecular weight excluding hydrogens is 294 g/mol. The SMILES string of the molecule is N#Cc1nc(N2CCOCC2)c2[nH]c(-c3ccncc3)nc2n1. The molecule has 1 saturated heterocycles. The van der Waals surface area contributed by atoms with Gasteiger partial charge in [-0.15, -0.1) is 0 Å². The molecule has 0 aliphatic carbocycles. The average Bonchev–Trinajstić information content (AvgIpc) is 3.06. The van der Waals surface area contributed by atoms with Crippen molar-refractivity contribution in [2.24, 2.45) is 0 Å². The Hall–Kier alpha value is -3.05. The van der Waals surface area contributed by atoms with Gasteiger partial charge in [0.1, 0.15) is 17.4 Å². The largest absolute Gasteiger partial charge is 0.378 e. The number of fused-ring (bicyclic) bond motifs is 1. The van der Waals surface area contributed by atoms with Gasteiger partial charge in [-0.05, 0) is 12.1 Å². The van der Waals surface area contributed by atoms with Gasteiger partial charge in [0, 0.05) is 31.0 Å². The summed E-state index contributed by atoms with van der Waals surface area (Å²) in [4.78, 5) is 22.4. The van der Waals surface area contributed by atoms with Gasteiger partial charge in [0.25, 0.3) is 0 Å². The van der Waals surface area contributed by atoms with Gasteiger partial charge < -0.3 is 14.6 Å². The molecule has 0 amide bonds. The lowest BCUT2D eigenvalue weighted by Crippen LogP contribution is -2.37. The molecule has 1 aliphatic heterocycles. The van der Waals surface area contributed by atoms with Gasteiger partial charge in [0.05, 0.1) is 13.2 Å². The summed E-state index contributed by atoms with van der Waals surface area (Å²) in [7, 11) is 0. The normalized spacial score (nSPS) is 14.8. The predicted molar refractivity (Wildman–Crippen MR) is 82.7 cm³/mol. The molecule has 0 aromatic carbocycles. The van der Waals surface area contributed by atoms with Crippen molar-refractivity contribution < 1.29 is 4.74 Å². The van der Waals surface area contributed by atoms with Crippen LogP contribution in [0.3, 0.4) is 0 Å². The summed E-state index contributed by atoms with van der Waals surface area (Å²) in [5.41, 5.74) is 2.13. The number of anilines is 1. The third-order valence-electron chi connectivity index (χ3n) is 3.70. The van der Waals surface area contributed by atoms with Crippen molar-refractivity contribution in [1.29, 1.82) is 5.26 Å². The minimum absolute atomic E-state index is 0.117. The van der Waals surface area contributed by atoms with Gasteiger partial charge in [-0.25, -0.2) is 4.98 Å². The van der Waals surface area contributed by atoms with E-state index in [0.29, 0.717) is 30.5 Å². The molecule has 1 fully saturated rings. The van der Waals surface area contributed by atoms with Crippen LogP contribution in [0.4, 0.5) is 5.82 Å². The van der Waals surface area contributed by atoms with Crippen LogP contribution in [0.15, 0.2) is 24.5 Å². The summed E-state index contributed by atoms with van der Waals surface area (Å²) in [6.07, 6.45) is 3.41. The first-order chi connectivity index (χ1) is 11.3. The average molecular weight is 307 g/mol. The molecule has 8 heteroatoms. The lowest BCUT2D eigenvalue weighted by Gasteiger charge is -2.27. The Morgan fingerprint density at radius 1 is 1.13 bits per heavy atom. The Kier molecular flexibility index (Phi) is 3.33. The fraction of sp³-hybridized carbons (Fsp3) is 0.267. The molecule has 3 aromatic rings. The fourth-order valence-electron chi connectivity index (χ4n) is 2.58. The van der Waals surface area contributed by atoms with Gasteiger partial charge >= 0.3 is 0 Å². The van der Waals surface area contributed by atoms with E-state index in [-0.39, 0.29) is 5.82 Å². The first-order valence-electron chi connectivity index (χ1n) is 7.26. The summed E-state index contributed by atoms with van der Waals surface area (Å²) >= 11 is 0. The highest BCUT2D eigenvalue weighted by Crippen LogP contribution is 2.26. The molecule has 8 nitrogen and oxygen atoms in total. The minimum Gasteiger partial charge on any atom is -0.378 e. The van der Waals surface area contributed by atoms with Crippen molar-refractivity contribution in [1.82, 2.24) is 24.9 Å². The van der Waals surface area contributed by atoms with Gasteiger partial charge in [0.2, 0.25) is 5.82 Å². The molecule has 0 saturated carbocycles. The topological polar surface area (TPSA) is 104 Å². The summed E-state index contributed by atoms with van der Waals surface area (Å²) < 4.78 is 5.38. The highest BCUT2D eigenvalue weighted by Gasteiger charge is 2.20. The molecule has 0 radical (unpaired) electrons. The van der Waals surface area contributed by atoms with Crippen molar-refractivity contribution in [3.05, 3.63) is 30.4 Å². The molecule has 0 atom stereocenters. The van der Waals surface area contributed by atoms with Crippen LogP contribution in [0.2, 0.25) is 0 Å². The van der Waals surface area contributed by atoms with E-state index in [1.807, 2.05) is 18.2 Å². The standard InChI is InChI=1S/C15H13N7O/c16-9-11-18-14-12(15(19-11)22-5-7-23-8-6-22)20-13(21-14)10-1-3-17-4-2-10/h1-4H,5-8H2,(H,18,19,20,21). The molecule has 114 valence electrons. The van der Waals surface area contributed by atoms with E-state index >= 15 is 0 Å². The van der Waals surface area contributed by atoms with E-state index in [4.69, 9.17) is 4.74 Å². The second kappa shape index (κ2) is 5.62. The quantitative estimate of drug-likeness (QED) is 0.756. The molecule has 1 N–H and O–H groups in total. The number of pyridine rings is 1. The van der Waals surface area contributed by atoms with Gasteiger partial charge in [-0.3, -0.25) is 4.98 Å². The number of morpholine rings is 1. The number of nitrogens with one attached hydrogen (secondary N) is 1. The molecule has 0 spiro atoms. The molecule has 3 aromatic heterocycles. The molecule has 0 unspecified atom stereocenters. The lowest BCUT2D eigenvalue weighted by molar-refractivity contribution is 0.122. The third-order valence-corrected chi connectivity index (χ3v) is 3.70. The second-order valence-corrected chi connectivity index (χ2v) is 5.10. The van der Waals surface area contributed by atoms with Crippen molar-refractivity contribution in [2.45, 2.75) is 0 Å². The maximum absolute atomic E-state index is 9.18. The second-order valence-electron chi connectivity index (χ2n) is 5.10. The van der Waals surface area contributed by atoms with Gasteiger partial charge in [0.15, 0.2) is 11.5 Å². The number of rotatable bonds is 2. The fourth-order valence-corrected chi connectivity index (χ4v) is 2.58. The number of nitriles is 1. The number of H-pyrrole nitrogens is 1. The molecule has 0 bridgehead atoms. The number of hydrogen-bond donors (Lipinski definition) is 1. The zero-order valence-electron chi connectivity index (χ0n) is 12.2. The molecule has 1 aliphatic rings. The number of imidazole rings is 1. The number of nitrogens with zero attached hydrogens (tertiary/aromatic N) is 6. The summed E-state index contributed by atoms with van der Waals surface area (Å²) in [6, 6.07) is 5.74. The smallest absolute Gasteiger partial charge is 0.236 e. The highest BCUT2D eigenvalue weighted by atomic mass is 16.5. The van der Waals surface area contributed by atoms with Crippen LogP contribution in [0, 0.1) is 11.3 Å². The van der Waals surface area contributed by atoms with Crippen LogP contribution in [0.25, 0.3) is 22.6 Å². The maximum Gasteiger partial charge on any atom is 0.236 e. The first kappa shape index (κ1) is 13.6. The first-order valence-corrected chi connectivity index (χ1v) is 7.26. The van der Waals surface area contributed by atoms with Crippen LogP contribution < -0.4 is 4.90 Å². The van der Waals surface area contributed by atoms with E-state index in [0.717, 1.165) is 24.2 Å². The van der Waals surface area contributed by atoms with Crippen molar-refractivity contribution in [2.75, 3.05) is 31.2 Å². The summed E-state index contributed by atoms with van der Waals surface area (Å²) in [5, 5.41) is 9.18. The molecular formula is C15H13N7O. The van der Waals surface area contributed by atoms with Gasteiger partial charge in [-0.1, -0.05) is 0 Å². The Morgan fingerprint density at radius 3 is 2.65 bits per heavy atom. The number of aromatic amines is 1. The third kappa shape index (κ3) is 2.47. The zero-order chi connectivity index (χ0) is 15.6. The van der Waals surface area contributed by atoms with Crippen molar-refractivity contribution >= 4 is 17.0 Å². The van der Waals surface area contributed by atoms with Gasteiger partial charge in [-0.2, -0.15) is 15.2 Å². The maximum atomic E-state index is 9.18. The predicted octanol–water partition coefficient (Wildman–Crippen LogP) is 1.12. The lowest BCUT2D eigenvalue weighted by atomic mass is 10.2. The van der Waals surface area contributed by atoms with Crippen LogP contribution in [0.5, 0.6) is 0 Å². The molecule has 4 heterocycles. The van der Waals surface area contributed by atoms with Crippen LogP contribution in [-0.4, -0.2) is 51.2 Å². The van der Waals surface area contributed by atoms with E-state index in [1.165, 1.54) is 0 Å². The Bertz CT molecular complexity index is 878. The molecule has 4 rings (SSSR count). The Balaban J connectivity index is 1.87. The van der Waals surface area contributed by atoms with Crippen LogP contribution >= 0.6 is 0 Å². The number of ether oxygens (including phenoxy) is 1. The molecule has 23 heavy (non-hydrogen) atoms. The summed E-state index contributed by atoms with van der Waals surface area (Å²) in [6.45, 7) is 2.72. The van der Waals surface area contributed by atoms with Crippen LogP contribution in [0.1, 0.15) is 5.82 Å². The van der Waals surface area contributed by atoms with E-state index < -0.39 is 0 Å². The van der Waals surface area contributed by atoms with Crippen molar-refractivity contribution in [3.8, 4) is 17.5 Å². The van der Waals surface area contributed by atoms with E-state index in [1.54, 1.807) is 12.4 Å². The van der Waals surface area contributed by atoms with E-state index in [9.17, 15) is 5.26 Å². The highest BCUT2D eigenvalue weighted by molar-refractivity contribution is 5.86. The van der Waals surface area contributed by atoms with E-state index in [2.05, 4.69) is 29.8 Å². The monoisotopic (exact) mass is 307 g/mol. The zero-order valence-corrected chi connectivity index (χ0v) is 12.2. The van der Waals surface area contributed by atoms with Crippen molar-refractivity contribution in [3.63, 3.8) is 0 Å². The number of hydrogen-bond acceptors (Lipinski definition) is 7. The van der Waals surface area contributed by atoms with Crippen LogP contribution in [-0.2, 0) is 4.74 Å². The Morgan fingerprint density at radius 2 is 1.91 bits per heavy atom. The summed E-state index contributed by atoms with van der Waals surface area (Å²) in [5.74, 6) is 1.50. The number of aromatic nitrogens is 5. The Labute approximate surface area is 131 Å². The minimum atomic E-state index is 0.117.